The molecule has 3 nitrogen and oxygen atoms in total. The Hall–Kier alpha value is -1.22. The Balaban J connectivity index is 2.75. The summed E-state index contributed by atoms with van der Waals surface area (Å²) in [4.78, 5) is 0. The largest absolute Gasteiger partial charge is 0.490 e. The van der Waals surface area contributed by atoms with Crippen molar-refractivity contribution in [2.75, 3.05) is 13.2 Å². The van der Waals surface area contributed by atoms with E-state index in [4.69, 9.17) is 15.2 Å². The number of benzene rings is 1. The van der Waals surface area contributed by atoms with Crippen molar-refractivity contribution in [2.24, 2.45) is 5.73 Å². The van der Waals surface area contributed by atoms with Crippen LogP contribution in [0.15, 0.2) is 18.2 Å². The molecule has 0 aliphatic heterocycles. The van der Waals surface area contributed by atoms with Crippen LogP contribution in [0, 0.1) is 0 Å². The first-order valence-corrected chi connectivity index (χ1v) is 6.81. The summed E-state index contributed by atoms with van der Waals surface area (Å²) in [7, 11) is 0. The zero-order valence-corrected chi connectivity index (χ0v) is 11.7. The predicted molar refractivity (Wildman–Crippen MR) is 75.4 cm³/mol. The Morgan fingerprint density at radius 2 is 1.94 bits per heavy atom. The van der Waals surface area contributed by atoms with Gasteiger partial charge in [-0.05, 0) is 44.4 Å². The fourth-order valence-electron chi connectivity index (χ4n) is 1.77. The molecule has 1 rings (SSSR count). The average Bonchev–Trinajstić information content (AvgIpc) is 2.32. The van der Waals surface area contributed by atoms with Gasteiger partial charge in [-0.15, -0.1) is 0 Å². The second-order valence-electron chi connectivity index (χ2n) is 4.60. The summed E-state index contributed by atoms with van der Waals surface area (Å²) in [5.74, 6) is 1.66. The lowest BCUT2D eigenvalue weighted by molar-refractivity contribution is 0.272. The highest BCUT2D eigenvalue weighted by Gasteiger charge is 2.07. The summed E-state index contributed by atoms with van der Waals surface area (Å²) < 4.78 is 11.4. The van der Waals surface area contributed by atoms with Gasteiger partial charge in [0.05, 0.1) is 13.2 Å². The maximum atomic E-state index is 5.81. The summed E-state index contributed by atoms with van der Waals surface area (Å²) in [6.07, 6.45) is 3.05. The lowest BCUT2D eigenvalue weighted by Crippen LogP contribution is -2.17. The van der Waals surface area contributed by atoms with Crippen molar-refractivity contribution in [1.29, 1.82) is 0 Å². The molecular formula is C15H25NO2. The molecule has 1 unspecified atom stereocenters. The Labute approximate surface area is 110 Å². The Kier molecular flexibility index (Phi) is 6.58. The van der Waals surface area contributed by atoms with Crippen molar-refractivity contribution in [1.82, 2.24) is 0 Å². The second kappa shape index (κ2) is 7.98. The standard InChI is InChI=1S/C15H25NO2/c1-4-6-9-18-14-8-7-13(10-12(3)16)11-15(14)17-5-2/h7-8,11-12H,4-6,9-10,16H2,1-3H3. The first kappa shape index (κ1) is 14.8. The summed E-state index contributed by atoms with van der Waals surface area (Å²) in [5.41, 5.74) is 7.00. The van der Waals surface area contributed by atoms with Gasteiger partial charge in [0.15, 0.2) is 11.5 Å². The molecule has 102 valence electrons. The maximum absolute atomic E-state index is 5.81. The van der Waals surface area contributed by atoms with Gasteiger partial charge in [-0.3, -0.25) is 0 Å². The second-order valence-corrected chi connectivity index (χ2v) is 4.60. The van der Waals surface area contributed by atoms with E-state index in [0.29, 0.717) is 6.61 Å². The summed E-state index contributed by atoms with van der Waals surface area (Å²) in [6.45, 7) is 7.52. The van der Waals surface area contributed by atoms with Crippen molar-refractivity contribution < 1.29 is 9.47 Å². The van der Waals surface area contributed by atoms with Crippen molar-refractivity contribution in [3.63, 3.8) is 0 Å². The van der Waals surface area contributed by atoms with E-state index in [0.717, 1.165) is 37.4 Å². The molecule has 2 N–H and O–H groups in total. The van der Waals surface area contributed by atoms with Crippen molar-refractivity contribution in [3.8, 4) is 11.5 Å². The van der Waals surface area contributed by atoms with E-state index in [1.165, 1.54) is 5.56 Å². The molecule has 0 aliphatic carbocycles. The highest BCUT2D eigenvalue weighted by atomic mass is 16.5. The number of nitrogens with two attached hydrogens (primary N) is 1. The first-order valence-electron chi connectivity index (χ1n) is 6.81. The molecule has 0 fully saturated rings. The summed E-state index contributed by atoms with van der Waals surface area (Å²) in [6, 6.07) is 6.24. The fourth-order valence-corrected chi connectivity index (χ4v) is 1.77. The SMILES string of the molecule is CCCCOc1ccc(CC(C)N)cc1OCC. The van der Waals surface area contributed by atoms with Crippen LogP contribution in [0.1, 0.15) is 39.2 Å². The normalized spacial score (nSPS) is 12.2. The molecule has 0 bridgehead atoms. The fraction of sp³-hybridized carbons (Fsp3) is 0.600. The molecule has 0 heterocycles. The van der Waals surface area contributed by atoms with Crippen molar-refractivity contribution in [3.05, 3.63) is 23.8 Å². The number of rotatable bonds is 8. The molecule has 0 radical (unpaired) electrons. The predicted octanol–water partition coefficient (Wildman–Crippen LogP) is 3.15. The molecule has 0 spiro atoms. The van der Waals surface area contributed by atoms with Gasteiger partial charge in [0.2, 0.25) is 0 Å². The van der Waals surface area contributed by atoms with E-state index < -0.39 is 0 Å². The van der Waals surface area contributed by atoms with Crippen LogP contribution in [0.3, 0.4) is 0 Å². The minimum absolute atomic E-state index is 0.159. The smallest absolute Gasteiger partial charge is 0.161 e. The number of hydrogen-bond acceptors (Lipinski definition) is 3. The van der Waals surface area contributed by atoms with E-state index >= 15 is 0 Å². The van der Waals surface area contributed by atoms with Crippen molar-refractivity contribution >= 4 is 0 Å². The van der Waals surface area contributed by atoms with Gasteiger partial charge in [-0.1, -0.05) is 19.4 Å². The van der Waals surface area contributed by atoms with Gasteiger partial charge in [0.25, 0.3) is 0 Å². The Morgan fingerprint density at radius 3 is 2.56 bits per heavy atom. The van der Waals surface area contributed by atoms with Crippen LogP contribution in [0.5, 0.6) is 11.5 Å². The first-order chi connectivity index (χ1) is 8.67. The third kappa shape index (κ3) is 4.96. The van der Waals surface area contributed by atoms with Gasteiger partial charge in [0.1, 0.15) is 0 Å². The highest BCUT2D eigenvalue weighted by molar-refractivity contribution is 5.43. The lowest BCUT2D eigenvalue weighted by Gasteiger charge is -2.14. The zero-order chi connectivity index (χ0) is 13.4. The van der Waals surface area contributed by atoms with Crippen LogP contribution in [0.2, 0.25) is 0 Å². The van der Waals surface area contributed by atoms with Crippen LogP contribution in [0.4, 0.5) is 0 Å². The third-order valence-electron chi connectivity index (χ3n) is 2.62. The van der Waals surface area contributed by atoms with Crippen LogP contribution >= 0.6 is 0 Å². The average molecular weight is 251 g/mol. The third-order valence-corrected chi connectivity index (χ3v) is 2.62. The topological polar surface area (TPSA) is 44.5 Å². The van der Waals surface area contributed by atoms with E-state index in [9.17, 15) is 0 Å². The van der Waals surface area contributed by atoms with Crippen molar-refractivity contribution in [2.45, 2.75) is 46.1 Å². The molecule has 1 atom stereocenters. The number of hydrogen-bond donors (Lipinski definition) is 1. The monoisotopic (exact) mass is 251 g/mol. The van der Waals surface area contributed by atoms with E-state index in [1.54, 1.807) is 0 Å². The van der Waals surface area contributed by atoms with Gasteiger partial charge in [0, 0.05) is 6.04 Å². The van der Waals surface area contributed by atoms with Crippen LogP contribution in [-0.2, 0) is 6.42 Å². The minimum atomic E-state index is 0.159. The van der Waals surface area contributed by atoms with Gasteiger partial charge >= 0.3 is 0 Å². The molecular weight excluding hydrogens is 226 g/mol. The van der Waals surface area contributed by atoms with Crippen LogP contribution in [0.25, 0.3) is 0 Å². The quantitative estimate of drug-likeness (QED) is 0.722. The Morgan fingerprint density at radius 1 is 1.17 bits per heavy atom. The van der Waals surface area contributed by atoms with Gasteiger partial charge < -0.3 is 15.2 Å². The molecule has 0 aromatic heterocycles. The molecule has 0 saturated heterocycles. The van der Waals surface area contributed by atoms with E-state index in [-0.39, 0.29) is 6.04 Å². The van der Waals surface area contributed by atoms with Gasteiger partial charge in [-0.2, -0.15) is 0 Å². The molecule has 0 amide bonds. The lowest BCUT2D eigenvalue weighted by atomic mass is 10.1. The van der Waals surface area contributed by atoms with E-state index in [1.807, 2.05) is 26.0 Å². The molecule has 18 heavy (non-hydrogen) atoms. The van der Waals surface area contributed by atoms with Crippen LogP contribution in [-0.4, -0.2) is 19.3 Å². The minimum Gasteiger partial charge on any atom is -0.490 e. The zero-order valence-electron chi connectivity index (χ0n) is 11.7. The summed E-state index contributed by atoms with van der Waals surface area (Å²) in [5, 5.41) is 0. The molecule has 1 aromatic carbocycles. The Bertz CT molecular complexity index is 350. The number of unbranched alkanes of at least 4 members (excludes halogenated alkanes) is 1. The molecule has 3 heteroatoms. The van der Waals surface area contributed by atoms with E-state index in [2.05, 4.69) is 13.0 Å². The van der Waals surface area contributed by atoms with Gasteiger partial charge in [-0.25, -0.2) is 0 Å². The summed E-state index contributed by atoms with van der Waals surface area (Å²) >= 11 is 0. The molecule has 0 saturated carbocycles. The maximum Gasteiger partial charge on any atom is 0.161 e. The molecule has 1 aromatic rings. The highest BCUT2D eigenvalue weighted by Crippen LogP contribution is 2.29. The molecule has 0 aliphatic rings. The number of ether oxygens (including phenoxy) is 2. The van der Waals surface area contributed by atoms with Crippen LogP contribution < -0.4 is 15.2 Å².